The molecule has 0 aliphatic heterocycles. The summed E-state index contributed by atoms with van der Waals surface area (Å²) in [6.07, 6.45) is 0. The Morgan fingerprint density at radius 1 is 1.18 bits per heavy atom. The SMILES string of the molecule is Br.COC(=O)c1ccc(CSc2nc3ccccc3[nH]2)cc1. The van der Waals surface area contributed by atoms with Gasteiger partial charge in [-0.3, -0.25) is 0 Å². The summed E-state index contributed by atoms with van der Waals surface area (Å²) in [4.78, 5) is 19.2. The van der Waals surface area contributed by atoms with E-state index in [1.54, 1.807) is 23.9 Å². The van der Waals surface area contributed by atoms with Crippen LogP contribution in [0.15, 0.2) is 53.7 Å². The molecule has 0 aliphatic carbocycles. The number of esters is 1. The molecule has 0 radical (unpaired) electrons. The van der Waals surface area contributed by atoms with Crippen LogP contribution >= 0.6 is 28.7 Å². The van der Waals surface area contributed by atoms with E-state index in [1.165, 1.54) is 7.11 Å². The third-order valence-electron chi connectivity index (χ3n) is 3.12. The summed E-state index contributed by atoms with van der Waals surface area (Å²) in [5.74, 6) is 0.479. The highest BCUT2D eigenvalue weighted by Gasteiger charge is 2.06. The van der Waals surface area contributed by atoms with Crippen LogP contribution in [0.1, 0.15) is 15.9 Å². The van der Waals surface area contributed by atoms with Crippen LogP contribution in [0.25, 0.3) is 11.0 Å². The van der Waals surface area contributed by atoms with E-state index in [4.69, 9.17) is 0 Å². The lowest BCUT2D eigenvalue weighted by atomic mass is 10.1. The Hall–Kier alpha value is -1.79. The number of carbonyl (C=O) groups is 1. The number of halogens is 1. The molecule has 3 rings (SSSR count). The van der Waals surface area contributed by atoms with E-state index >= 15 is 0 Å². The number of aromatic amines is 1. The van der Waals surface area contributed by atoms with Crippen molar-refractivity contribution >= 4 is 45.7 Å². The van der Waals surface area contributed by atoms with Gasteiger partial charge < -0.3 is 9.72 Å². The number of nitrogens with one attached hydrogen (secondary N) is 1. The van der Waals surface area contributed by atoms with Crippen molar-refractivity contribution in [2.45, 2.75) is 10.9 Å². The van der Waals surface area contributed by atoms with Crippen molar-refractivity contribution in [3.8, 4) is 0 Å². The molecule has 0 saturated carbocycles. The van der Waals surface area contributed by atoms with Crippen LogP contribution < -0.4 is 0 Å². The first-order valence-electron chi connectivity index (χ1n) is 6.51. The summed E-state index contributed by atoms with van der Waals surface area (Å²) in [5.41, 5.74) is 3.71. The van der Waals surface area contributed by atoms with Crippen LogP contribution in [0, 0.1) is 0 Å². The van der Waals surface area contributed by atoms with Gasteiger partial charge in [0.2, 0.25) is 0 Å². The quantitative estimate of drug-likeness (QED) is 0.545. The summed E-state index contributed by atoms with van der Waals surface area (Å²) in [5, 5.41) is 0.897. The number of H-pyrrole nitrogens is 1. The summed E-state index contributed by atoms with van der Waals surface area (Å²) < 4.78 is 4.68. The lowest BCUT2D eigenvalue weighted by molar-refractivity contribution is 0.0600. The predicted octanol–water partition coefficient (Wildman–Crippen LogP) is 4.22. The first kappa shape index (κ1) is 16.6. The second-order valence-corrected chi connectivity index (χ2v) is 5.50. The number of carbonyl (C=O) groups excluding carboxylic acids is 1. The van der Waals surface area contributed by atoms with E-state index in [1.807, 2.05) is 36.4 Å². The fraction of sp³-hybridized carbons (Fsp3) is 0.125. The van der Waals surface area contributed by atoms with Gasteiger partial charge in [0, 0.05) is 5.75 Å². The van der Waals surface area contributed by atoms with Crippen molar-refractivity contribution in [2.24, 2.45) is 0 Å². The van der Waals surface area contributed by atoms with Gasteiger partial charge in [-0.2, -0.15) is 0 Å². The zero-order valence-corrected chi connectivity index (χ0v) is 14.4. The molecule has 114 valence electrons. The van der Waals surface area contributed by atoms with Crippen LogP contribution in [-0.2, 0) is 10.5 Å². The highest BCUT2D eigenvalue weighted by atomic mass is 79.9. The molecule has 22 heavy (non-hydrogen) atoms. The van der Waals surface area contributed by atoms with E-state index in [0.717, 1.165) is 27.5 Å². The maximum Gasteiger partial charge on any atom is 0.337 e. The van der Waals surface area contributed by atoms with E-state index < -0.39 is 0 Å². The minimum atomic E-state index is -0.313. The van der Waals surface area contributed by atoms with Crippen molar-refractivity contribution < 1.29 is 9.53 Å². The summed E-state index contributed by atoms with van der Waals surface area (Å²) >= 11 is 1.64. The number of benzene rings is 2. The summed E-state index contributed by atoms with van der Waals surface area (Å²) in [7, 11) is 1.38. The van der Waals surface area contributed by atoms with E-state index in [0.29, 0.717) is 5.56 Å². The second kappa shape index (κ2) is 7.47. The largest absolute Gasteiger partial charge is 0.465 e. The maximum atomic E-state index is 11.4. The minimum absolute atomic E-state index is 0. The average molecular weight is 379 g/mol. The standard InChI is InChI=1S/C16H14N2O2S.BrH/c1-20-15(19)12-8-6-11(7-9-12)10-21-16-17-13-4-2-3-5-14(13)18-16;/h2-9H,10H2,1H3,(H,17,18);1H. The molecule has 2 aromatic carbocycles. The Bertz CT molecular complexity index is 738. The zero-order chi connectivity index (χ0) is 14.7. The van der Waals surface area contributed by atoms with Gasteiger partial charge in [-0.25, -0.2) is 9.78 Å². The summed E-state index contributed by atoms with van der Waals surface area (Å²) in [6.45, 7) is 0. The number of rotatable bonds is 4. The van der Waals surface area contributed by atoms with E-state index in [2.05, 4.69) is 14.7 Å². The lowest BCUT2D eigenvalue weighted by Gasteiger charge is -2.02. The molecule has 0 aliphatic rings. The molecule has 1 aromatic heterocycles. The van der Waals surface area contributed by atoms with Crippen molar-refractivity contribution in [1.29, 1.82) is 0 Å². The van der Waals surface area contributed by atoms with Crippen LogP contribution in [-0.4, -0.2) is 23.0 Å². The van der Waals surface area contributed by atoms with Crippen molar-refractivity contribution in [3.63, 3.8) is 0 Å². The number of methoxy groups -OCH3 is 1. The number of aromatic nitrogens is 2. The number of hydrogen-bond donors (Lipinski definition) is 1. The molecule has 0 fully saturated rings. The second-order valence-electron chi connectivity index (χ2n) is 4.54. The van der Waals surface area contributed by atoms with Crippen LogP contribution in [0.5, 0.6) is 0 Å². The summed E-state index contributed by atoms with van der Waals surface area (Å²) in [6, 6.07) is 15.4. The topological polar surface area (TPSA) is 55.0 Å². The van der Waals surface area contributed by atoms with Gasteiger partial charge in [-0.15, -0.1) is 17.0 Å². The van der Waals surface area contributed by atoms with Crippen LogP contribution in [0.4, 0.5) is 0 Å². The number of hydrogen-bond acceptors (Lipinski definition) is 4. The first-order valence-corrected chi connectivity index (χ1v) is 7.49. The third kappa shape index (κ3) is 3.69. The molecular weight excluding hydrogens is 364 g/mol. The fourth-order valence-electron chi connectivity index (χ4n) is 2.00. The third-order valence-corrected chi connectivity index (χ3v) is 4.06. The van der Waals surface area contributed by atoms with Crippen molar-refractivity contribution in [1.82, 2.24) is 9.97 Å². The Morgan fingerprint density at radius 2 is 1.91 bits per heavy atom. The molecule has 0 amide bonds. The van der Waals surface area contributed by atoms with Gasteiger partial charge in [0.05, 0.1) is 23.7 Å². The highest BCUT2D eigenvalue weighted by Crippen LogP contribution is 2.23. The number of imidazole rings is 1. The molecular formula is C16H15BrN2O2S. The molecule has 1 N–H and O–H groups in total. The van der Waals surface area contributed by atoms with Crippen LogP contribution in [0.3, 0.4) is 0 Å². The smallest absolute Gasteiger partial charge is 0.337 e. The lowest BCUT2D eigenvalue weighted by Crippen LogP contribution is -2.00. The molecule has 4 nitrogen and oxygen atoms in total. The van der Waals surface area contributed by atoms with Crippen molar-refractivity contribution in [2.75, 3.05) is 7.11 Å². The van der Waals surface area contributed by atoms with Crippen molar-refractivity contribution in [3.05, 3.63) is 59.7 Å². The fourth-order valence-corrected chi connectivity index (χ4v) is 2.85. The van der Waals surface area contributed by atoms with Gasteiger partial charge in [0.25, 0.3) is 0 Å². The molecule has 0 spiro atoms. The molecule has 0 saturated heterocycles. The van der Waals surface area contributed by atoms with Gasteiger partial charge >= 0.3 is 5.97 Å². The monoisotopic (exact) mass is 378 g/mol. The molecule has 3 aromatic rings. The van der Waals surface area contributed by atoms with Gasteiger partial charge in [0.1, 0.15) is 0 Å². The molecule has 0 bridgehead atoms. The van der Waals surface area contributed by atoms with E-state index in [9.17, 15) is 4.79 Å². The number of nitrogens with zero attached hydrogens (tertiary/aromatic N) is 1. The molecule has 0 atom stereocenters. The maximum absolute atomic E-state index is 11.4. The minimum Gasteiger partial charge on any atom is -0.465 e. The van der Waals surface area contributed by atoms with Gasteiger partial charge in [0.15, 0.2) is 5.16 Å². The highest BCUT2D eigenvalue weighted by molar-refractivity contribution is 8.93. The number of fused-ring (bicyclic) bond motifs is 1. The van der Waals surface area contributed by atoms with Crippen LogP contribution in [0.2, 0.25) is 0 Å². The Kier molecular flexibility index (Phi) is 5.63. The molecule has 0 unspecified atom stereocenters. The molecule has 1 heterocycles. The number of para-hydroxylation sites is 2. The predicted molar refractivity (Wildman–Crippen MR) is 93.8 cm³/mol. The average Bonchev–Trinajstić information content (AvgIpc) is 2.95. The Labute approximate surface area is 143 Å². The normalized spacial score (nSPS) is 10.2. The Balaban J connectivity index is 0.00000176. The first-order chi connectivity index (χ1) is 10.3. The van der Waals surface area contributed by atoms with Gasteiger partial charge in [-0.05, 0) is 29.8 Å². The Morgan fingerprint density at radius 3 is 2.59 bits per heavy atom. The van der Waals surface area contributed by atoms with E-state index in [-0.39, 0.29) is 23.0 Å². The molecule has 6 heteroatoms. The number of thioether (sulfide) groups is 1. The zero-order valence-electron chi connectivity index (χ0n) is 11.9. The van der Waals surface area contributed by atoms with Gasteiger partial charge in [-0.1, -0.05) is 36.0 Å². The number of ether oxygens (including phenoxy) is 1.